The van der Waals surface area contributed by atoms with Gasteiger partial charge in [-0.15, -0.1) is 0 Å². The van der Waals surface area contributed by atoms with Gasteiger partial charge >= 0.3 is 12.0 Å². The lowest BCUT2D eigenvalue weighted by Crippen LogP contribution is -2.48. The second-order valence-corrected chi connectivity index (χ2v) is 3.54. The minimum atomic E-state index is -0.700. The van der Waals surface area contributed by atoms with Crippen LogP contribution in [0.3, 0.4) is 0 Å². The molecule has 15 heavy (non-hydrogen) atoms. The number of hydrogen-bond acceptors (Lipinski definition) is 3. The number of nitrogens with one attached hydrogen (secondary N) is 1. The third-order valence-electron chi connectivity index (χ3n) is 2.21. The molecule has 0 aliphatic rings. The van der Waals surface area contributed by atoms with Gasteiger partial charge in [-0.05, 0) is 12.3 Å². The van der Waals surface area contributed by atoms with Gasteiger partial charge in [-0.1, -0.05) is 27.2 Å². The maximum atomic E-state index is 11.5. The van der Waals surface area contributed by atoms with Crippen molar-refractivity contribution >= 4 is 12.0 Å². The molecule has 0 saturated heterocycles. The number of carbonyl (C=O) groups is 2. The van der Waals surface area contributed by atoms with Gasteiger partial charge in [-0.3, -0.25) is 0 Å². The number of hydrogen-bond donors (Lipinski definition) is 2. The van der Waals surface area contributed by atoms with Gasteiger partial charge in [0.25, 0.3) is 0 Å². The molecule has 0 saturated carbocycles. The van der Waals surface area contributed by atoms with Crippen LogP contribution >= 0.6 is 0 Å². The molecule has 0 radical (unpaired) electrons. The normalized spacial score (nSPS) is 14.1. The van der Waals surface area contributed by atoms with Gasteiger partial charge in [-0.25, -0.2) is 9.59 Å². The molecule has 0 aromatic carbocycles. The molecule has 0 spiro atoms. The van der Waals surface area contributed by atoms with Crippen LogP contribution in [0.15, 0.2) is 0 Å². The summed E-state index contributed by atoms with van der Waals surface area (Å²) in [5, 5.41) is 2.40. The summed E-state index contributed by atoms with van der Waals surface area (Å²) in [4.78, 5) is 22.3. The van der Waals surface area contributed by atoms with E-state index in [1.165, 1.54) is 0 Å². The molecule has 2 atom stereocenters. The average Bonchev–Trinajstić information content (AvgIpc) is 2.21. The van der Waals surface area contributed by atoms with Crippen molar-refractivity contribution in [2.24, 2.45) is 11.7 Å². The van der Waals surface area contributed by atoms with Crippen molar-refractivity contribution in [3.63, 3.8) is 0 Å². The Balaban J connectivity index is 4.33. The fourth-order valence-corrected chi connectivity index (χ4v) is 1.11. The standard InChI is InChI=1S/C10H20N2O3/c1-4-6-15-9(13)8(7(3)5-2)12-10(11)14/h7-8H,4-6H2,1-3H3,(H3,11,12,14). The smallest absolute Gasteiger partial charge is 0.328 e. The number of ether oxygens (including phenoxy) is 1. The van der Waals surface area contributed by atoms with E-state index in [-0.39, 0.29) is 5.92 Å². The number of urea groups is 1. The summed E-state index contributed by atoms with van der Waals surface area (Å²) in [5.41, 5.74) is 4.99. The van der Waals surface area contributed by atoms with Crippen LogP contribution in [0, 0.1) is 5.92 Å². The minimum Gasteiger partial charge on any atom is -0.464 e. The highest BCUT2D eigenvalue weighted by atomic mass is 16.5. The number of primary amides is 1. The zero-order valence-corrected chi connectivity index (χ0v) is 9.58. The zero-order chi connectivity index (χ0) is 11.8. The monoisotopic (exact) mass is 216 g/mol. The third-order valence-corrected chi connectivity index (χ3v) is 2.21. The number of amides is 2. The van der Waals surface area contributed by atoms with Crippen LogP contribution in [-0.2, 0) is 9.53 Å². The summed E-state index contributed by atoms with van der Waals surface area (Å²) in [6, 6.07) is -1.34. The van der Waals surface area contributed by atoms with Crippen LogP contribution in [0.4, 0.5) is 4.79 Å². The first-order chi connectivity index (χ1) is 7.02. The maximum Gasteiger partial charge on any atom is 0.328 e. The molecule has 0 bridgehead atoms. The predicted octanol–water partition coefficient (Wildman–Crippen LogP) is 1.02. The van der Waals surface area contributed by atoms with Crippen molar-refractivity contribution in [3.8, 4) is 0 Å². The van der Waals surface area contributed by atoms with Gasteiger partial charge in [0, 0.05) is 0 Å². The van der Waals surface area contributed by atoms with Crippen LogP contribution in [0.5, 0.6) is 0 Å². The summed E-state index contributed by atoms with van der Waals surface area (Å²) < 4.78 is 4.97. The molecule has 2 amide bonds. The average molecular weight is 216 g/mol. The molecule has 5 nitrogen and oxygen atoms in total. The van der Waals surface area contributed by atoms with Gasteiger partial charge in [0.1, 0.15) is 6.04 Å². The van der Waals surface area contributed by atoms with E-state index in [1.807, 2.05) is 20.8 Å². The molecule has 0 fully saturated rings. The molecule has 5 heteroatoms. The Kier molecular flexibility index (Phi) is 6.49. The SMILES string of the molecule is CCCOC(=O)C(NC(N)=O)C(C)CC. The molecule has 0 heterocycles. The molecule has 0 aromatic heterocycles. The summed E-state index contributed by atoms with van der Waals surface area (Å²) in [6.07, 6.45) is 1.53. The summed E-state index contributed by atoms with van der Waals surface area (Å²) in [5.74, 6) is -0.396. The molecule has 88 valence electrons. The van der Waals surface area contributed by atoms with E-state index in [0.717, 1.165) is 12.8 Å². The van der Waals surface area contributed by atoms with Crippen LogP contribution in [-0.4, -0.2) is 24.6 Å². The predicted molar refractivity (Wildman–Crippen MR) is 57.2 cm³/mol. The highest BCUT2D eigenvalue weighted by Crippen LogP contribution is 2.09. The Morgan fingerprint density at radius 3 is 2.40 bits per heavy atom. The minimum absolute atomic E-state index is 0.0156. The third kappa shape index (κ3) is 5.24. The first-order valence-corrected chi connectivity index (χ1v) is 5.25. The molecular weight excluding hydrogens is 196 g/mol. The van der Waals surface area contributed by atoms with E-state index in [9.17, 15) is 9.59 Å². The van der Waals surface area contributed by atoms with E-state index >= 15 is 0 Å². The van der Waals surface area contributed by atoms with E-state index < -0.39 is 18.0 Å². The van der Waals surface area contributed by atoms with Crippen molar-refractivity contribution < 1.29 is 14.3 Å². The van der Waals surface area contributed by atoms with Crippen molar-refractivity contribution in [2.75, 3.05) is 6.61 Å². The Morgan fingerprint density at radius 1 is 1.40 bits per heavy atom. The highest BCUT2D eigenvalue weighted by molar-refractivity contribution is 5.82. The lowest BCUT2D eigenvalue weighted by Gasteiger charge is -2.21. The van der Waals surface area contributed by atoms with Crippen LogP contribution in [0.1, 0.15) is 33.6 Å². The van der Waals surface area contributed by atoms with Crippen molar-refractivity contribution in [2.45, 2.75) is 39.7 Å². The first-order valence-electron chi connectivity index (χ1n) is 5.25. The summed E-state index contributed by atoms with van der Waals surface area (Å²) in [7, 11) is 0. The number of carbonyl (C=O) groups excluding carboxylic acids is 2. The van der Waals surface area contributed by atoms with E-state index in [4.69, 9.17) is 10.5 Å². The van der Waals surface area contributed by atoms with Gasteiger partial charge in [0.15, 0.2) is 0 Å². The molecule has 0 aromatic rings. The topological polar surface area (TPSA) is 81.4 Å². The number of nitrogens with two attached hydrogens (primary N) is 1. The van der Waals surface area contributed by atoms with Gasteiger partial charge in [0.2, 0.25) is 0 Å². The van der Waals surface area contributed by atoms with Gasteiger partial charge in [-0.2, -0.15) is 0 Å². The number of esters is 1. The lowest BCUT2D eigenvalue weighted by atomic mass is 9.99. The molecular formula is C10H20N2O3. The Hall–Kier alpha value is -1.26. The van der Waals surface area contributed by atoms with Crippen molar-refractivity contribution in [1.82, 2.24) is 5.32 Å². The van der Waals surface area contributed by atoms with Crippen LogP contribution < -0.4 is 11.1 Å². The highest BCUT2D eigenvalue weighted by Gasteiger charge is 2.26. The second-order valence-electron chi connectivity index (χ2n) is 3.54. The van der Waals surface area contributed by atoms with E-state index in [0.29, 0.717) is 6.61 Å². The van der Waals surface area contributed by atoms with Crippen LogP contribution in [0.2, 0.25) is 0 Å². The Bertz CT molecular complexity index is 219. The fourth-order valence-electron chi connectivity index (χ4n) is 1.11. The molecule has 0 rings (SSSR count). The lowest BCUT2D eigenvalue weighted by molar-refractivity contribution is -0.147. The maximum absolute atomic E-state index is 11.5. The first kappa shape index (κ1) is 13.7. The quantitative estimate of drug-likeness (QED) is 0.650. The molecule has 0 aliphatic heterocycles. The zero-order valence-electron chi connectivity index (χ0n) is 9.58. The van der Waals surface area contributed by atoms with Crippen LogP contribution in [0.25, 0.3) is 0 Å². The van der Waals surface area contributed by atoms with E-state index in [2.05, 4.69) is 5.32 Å². The Morgan fingerprint density at radius 2 is 2.00 bits per heavy atom. The van der Waals surface area contributed by atoms with Crippen molar-refractivity contribution in [1.29, 1.82) is 0 Å². The second kappa shape index (κ2) is 7.09. The molecule has 3 N–H and O–H groups in total. The van der Waals surface area contributed by atoms with Gasteiger partial charge in [0.05, 0.1) is 6.61 Å². The fraction of sp³-hybridized carbons (Fsp3) is 0.800. The summed E-state index contributed by atoms with van der Waals surface area (Å²) in [6.45, 7) is 6.08. The Labute approximate surface area is 90.4 Å². The summed E-state index contributed by atoms with van der Waals surface area (Å²) >= 11 is 0. The largest absolute Gasteiger partial charge is 0.464 e. The number of rotatable bonds is 6. The van der Waals surface area contributed by atoms with E-state index in [1.54, 1.807) is 0 Å². The van der Waals surface area contributed by atoms with Crippen molar-refractivity contribution in [3.05, 3.63) is 0 Å². The molecule has 2 unspecified atom stereocenters. The van der Waals surface area contributed by atoms with Gasteiger partial charge < -0.3 is 15.8 Å². The molecule has 0 aliphatic carbocycles.